The number of thioether (sulfide) groups is 1. The standard InChI is InChI=1S/C10H23NO2S2/c1-4-15(12,13)9-5-6-10(11-2)7-8-14-3/h10-11H,4-9H2,1-3H3. The SMILES string of the molecule is CCS(=O)(=O)CCCC(CCSC)NC. The monoisotopic (exact) mass is 253 g/mol. The molecule has 15 heavy (non-hydrogen) atoms. The van der Waals surface area contributed by atoms with E-state index in [1.165, 1.54) is 0 Å². The minimum atomic E-state index is -2.78. The first-order valence-corrected chi connectivity index (χ1v) is 8.64. The van der Waals surface area contributed by atoms with Crippen molar-refractivity contribution in [2.45, 2.75) is 32.2 Å². The van der Waals surface area contributed by atoms with Gasteiger partial charge in [0, 0.05) is 11.8 Å². The largest absolute Gasteiger partial charge is 0.317 e. The normalized spacial score (nSPS) is 14.1. The van der Waals surface area contributed by atoms with Crippen LogP contribution in [0.3, 0.4) is 0 Å². The first kappa shape index (κ1) is 15.3. The number of sulfone groups is 1. The fourth-order valence-electron chi connectivity index (χ4n) is 1.39. The molecule has 0 saturated carbocycles. The molecule has 0 fully saturated rings. The van der Waals surface area contributed by atoms with Gasteiger partial charge in [-0.3, -0.25) is 0 Å². The predicted molar refractivity (Wildman–Crippen MR) is 69.4 cm³/mol. The van der Waals surface area contributed by atoms with E-state index >= 15 is 0 Å². The first-order chi connectivity index (χ1) is 7.05. The van der Waals surface area contributed by atoms with E-state index in [2.05, 4.69) is 11.6 Å². The molecule has 0 aromatic heterocycles. The highest BCUT2D eigenvalue weighted by atomic mass is 32.2. The van der Waals surface area contributed by atoms with Gasteiger partial charge in [0.2, 0.25) is 0 Å². The maximum absolute atomic E-state index is 11.3. The van der Waals surface area contributed by atoms with Gasteiger partial charge in [-0.25, -0.2) is 8.42 Å². The Labute approximate surface area is 98.3 Å². The van der Waals surface area contributed by atoms with Gasteiger partial charge < -0.3 is 5.32 Å². The quantitative estimate of drug-likeness (QED) is 0.677. The molecular weight excluding hydrogens is 230 g/mol. The minimum Gasteiger partial charge on any atom is -0.317 e. The molecular formula is C10H23NO2S2. The summed E-state index contributed by atoms with van der Waals surface area (Å²) < 4.78 is 22.5. The van der Waals surface area contributed by atoms with Crippen LogP contribution in [-0.4, -0.2) is 45.0 Å². The maximum Gasteiger partial charge on any atom is 0.150 e. The number of hydrogen-bond acceptors (Lipinski definition) is 4. The van der Waals surface area contributed by atoms with E-state index in [4.69, 9.17) is 0 Å². The van der Waals surface area contributed by atoms with Crippen LogP contribution in [0.2, 0.25) is 0 Å². The Morgan fingerprint density at radius 1 is 1.33 bits per heavy atom. The summed E-state index contributed by atoms with van der Waals surface area (Å²) in [7, 11) is -0.833. The average Bonchev–Trinajstić information content (AvgIpc) is 2.23. The lowest BCUT2D eigenvalue weighted by Crippen LogP contribution is -2.26. The topological polar surface area (TPSA) is 46.2 Å². The van der Waals surface area contributed by atoms with Crippen molar-refractivity contribution in [2.75, 3.05) is 30.6 Å². The van der Waals surface area contributed by atoms with Gasteiger partial charge in [-0.2, -0.15) is 11.8 Å². The van der Waals surface area contributed by atoms with Gasteiger partial charge in [0.1, 0.15) is 9.84 Å². The Hall–Kier alpha value is 0.260. The number of nitrogens with one attached hydrogen (secondary N) is 1. The van der Waals surface area contributed by atoms with E-state index in [9.17, 15) is 8.42 Å². The highest BCUT2D eigenvalue weighted by molar-refractivity contribution is 7.98. The maximum atomic E-state index is 11.3. The van der Waals surface area contributed by atoms with Crippen LogP contribution >= 0.6 is 11.8 Å². The van der Waals surface area contributed by atoms with E-state index in [1.54, 1.807) is 6.92 Å². The molecule has 5 heteroatoms. The van der Waals surface area contributed by atoms with Gasteiger partial charge in [-0.1, -0.05) is 6.92 Å². The zero-order valence-corrected chi connectivity index (χ0v) is 11.6. The molecule has 0 bridgehead atoms. The van der Waals surface area contributed by atoms with Crippen LogP contribution in [0.4, 0.5) is 0 Å². The summed E-state index contributed by atoms with van der Waals surface area (Å²) in [6.07, 6.45) is 4.93. The lowest BCUT2D eigenvalue weighted by Gasteiger charge is -2.15. The zero-order chi connectivity index (χ0) is 11.7. The van der Waals surface area contributed by atoms with Crippen molar-refractivity contribution < 1.29 is 8.42 Å². The van der Waals surface area contributed by atoms with Crippen molar-refractivity contribution in [1.82, 2.24) is 5.32 Å². The Morgan fingerprint density at radius 2 is 2.00 bits per heavy atom. The van der Waals surface area contributed by atoms with Gasteiger partial charge in [-0.15, -0.1) is 0 Å². The number of hydrogen-bond donors (Lipinski definition) is 1. The molecule has 0 spiro atoms. The molecule has 0 aliphatic carbocycles. The van der Waals surface area contributed by atoms with Crippen LogP contribution in [0.5, 0.6) is 0 Å². The molecule has 0 heterocycles. The predicted octanol–water partition coefficient (Wildman–Crippen LogP) is 1.54. The van der Waals surface area contributed by atoms with E-state index in [1.807, 2.05) is 18.8 Å². The fraction of sp³-hybridized carbons (Fsp3) is 1.00. The van der Waals surface area contributed by atoms with Crippen molar-refractivity contribution in [3.05, 3.63) is 0 Å². The van der Waals surface area contributed by atoms with Crippen molar-refractivity contribution >= 4 is 21.6 Å². The average molecular weight is 253 g/mol. The molecule has 3 nitrogen and oxygen atoms in total. The highest BCUT2D eigenvalue weighted by Crippen LogP contribution is 2.07. The van der Waals surface area contributed by atoms with Gasteiger partial charge in [0.05, 0.1) is 5.75 Å². The fourth-order valence-corrected chi connectivity index (χ4v) is 2.80. The molecule has 0 amide bonds. The van der Waals surface area contributed by atoms with E-state index in [0.717, 1.165) is 25.0 Å². The van der Waals surface area contributed by atoms with Gasteiger partial charge in [0.25, 0.3) is 0 Å². The molecule has 0 radical (unpaired) electrons. The summed E-state index contributed by atoms with van der Waals surface area (Å²) in [6, 6.07) is 0.463. The lowest BCUT2D eigenvalue weighted by molar-refractivity contribution is 0.503. The van der Waals surface area contributed by atoms with Crippen LogP contribution in [0.25, 0.3) is 0 Å². The van der Waals surface area contributed by atoms with Gasteiger partial charge >= 0.3 is 0 Å². The van der Waals surface area contributed by atoms with Crippen LogP contribution in [0, 0.1) is 0 Å². The molecule has 0 aliphatic heterocycles. The molecule has 92 valence electrons. The van der Waals surface area contributed by atoms with Gasteiger partial charge in [-0.05, 0) is 38.3 Å². The number of rotatable bonds is 9. The van der Waals surface area contributed by atoms with Crippen LogP contribution < -0.4 is 5.32 Å². The second kappa shape index (κ2) is 8.42. The van der Waals surface area contributed by atoms with Crippen molar-refractivity contribution in [1.29, 1.82) is 0 Å². The first-order valence-electron chi connectivity index (χ1n) is 5.42. The summed E-state index contributed by atoms with van der Waals surface area (Å²) in [6.45, 7) is 1.71. The van der Waals surface area contributed by atoms with E-state index in [-0.39, 0.29) is 5.75 Å². The Bertz CT molecular complexity index is 240. The highest BCUT2D eigenvalue weighted by Gasteiger charge is 2.10. The lowest BCUT2D eigenvalue weighted by atomic mass is 10.1. The molecule has 1 atom stereocenters. The Morgan fingerprint density at radius 3 is 2.47 bits per heavy atom. The second-order valence-corrected chi connectivity index (χ2v) is 7.10. The minimum absolute atomic E-state index is 0.266. The van der Waals surface area contributed by atoms with Crippen molar-refractivity contribution in [2.24, 2.45) is 0 Å². The zero-order valence-electron chi connectivity index (χ0n) is 9.95. The van der Waals surface area contributed by atoms with Crippen molar-refractivity contribution in [3.63, 3.8) is 0 Å². The molecule has 0 aromatic rings. The summed E-state index contributed by atoms with van der Waals surface area (Å²) in [5, 5.41) is 3.23. The molecule has 0 aliphatic rings. The Kier molecular flexibility index (Phi) is 8.56. The Balaban J connectivity index is 3.72. The van der Waals surface area contributed by atoms with Crippen LogP contribution in [-0.2, 0) is 9.84 Å². The van der Waals surface area contributed by atoms with E-state index < -0.39 is 9.84 Å². The molecule has 0 rings (SSSR count). The molecule has 0 aromatic carbocycles. The summed E-state index contributed by atoms with van der Waals surface area (Å²) in [5.74, 6) is 1.73. The molecule has 1 unspecified atom stereocenters. The molecule has 1 N–H and O–H groups in total. The summed E-state index contributed by atoms with van der Waals surface area (Å²) >= 11 is 1.83. The third-order valence-corrected chi connectivity index (χ3v) is 4.96. The second-order valence-electron chi connectivity index (χ2n) is 3.65. The third-order valence-electron chi connectivity index (χ3n) is 2.53. The third kappa shape index (κ3) is 8.11. The smallest absolute Gasteiger partial charge is 0.150 e. The van der Waals surface area contributed by atoms with Crippen LogP contribution in [0.15, 0.2) is 0 Å². The van der Waals surface area contributed by atoms with Crippen LogP contribution in [0.1, 0.15) is 26.2 Å². The molecule has 0 saturated heterocycles. The van der Waals surface area contributed by atoms with Crippen molar-refractivity contribution in [3.8, 4) is 0 Å². The summed E-state index contributed by atoms with van der Waals surface area (Å²) in [5.41, 5.74) is 0. The van der Waals surface area contributed by atoms with Gasteiger partial charge in [0.15, 0.2) is 0 Å². The summed E-state index contributed by atoms with van der Waals surface area (Å²) in [4.78, 5) is 0. The van der Waals surface area contributed by atoms with E-state index in [0.29, 0.717) is 11.8 Å².